The molecule has 0 bridgehead atoms. The van der Waals surface area contributed by atoms with E-state index < -0.39 is 11.7 Å². The molecule has 1 heterocycles. The van der Waals surface area contributed by atoms with E-state index in [9.17, 15) is 14.0 Å². The van der Waals surface area contributed by atoms with Crippen molar-refractivity contribution in [3.8, 4) is 0 Å². The molecule has 6 nitrogen and oxygen atoms in total. The van der Waals surface area contributed by atoms with Gasteiger partial charge in [0.25, 0.3) is 11.8 Å². The molecule has 2 amide bonds. The average molecular weight is 414 g/mol. The van der Waals surface area contributed by atoms with Crippen molar-refractivity contribution in [2.45, 2.75) is 0 Å². The lowest BCUT2D eigenvalue weighted by molar-refractivity contribution is 0.0943. The van der Waals surface area contributed by atoms with E-state index in [2.05, 4.69) is 21.5 Å². The zero-order chi connectivity index (χ0) is 19.9. The molecule has 0 fully saturated rings. The highest BCUT2D eigenvalue weighted by molar-refractivity contribution is 7.80. The first-order valence-electron chi connectivity index (χ1n) is 8.10. The molecule has 0 saturated heterocycles. The molecule has 1 aromatic heterocycles. The summed E-state index contributed by atoms with van der Waals surface area (Å²) >= 11 is 6.36. The molecular formula is C19H15FN4O2S2. The van der Waals surface area contributed by atoms with E-state index in [1.807, 2.05) is 5.38 Å². The number of benzene rings is 2. The van der Waals surface area contributed by atoms with Gasteiger partial charge in [-0.2, -0.15) is 0 Å². The van der Waals surface area contributed by atoms with Gasteiger partial charge < -0.3 is 10.6 Å². The lowest BCUT2D eigenvalue weighted by atomic mass is 10.2. The van der Waals surface area contributed by atoms with Gasteiger partial charge in [-0.1, -0.05) is 24.3 Å². The first kappa shape index (κ1) is 19.5. The molecule has 0 aliphatic rings. The third-order valence-electron chi connectivity index (χ3n) is 3.54. The Morgan fingerprint density at radius 1 is 0.893 bits per heavy atom. The lowest BCUT2D eigenvalue weighted by Gasteiger charge is -2.12. The highest BCUT2D eigenvalue weighted by Crippen LogP contribution is 2.15. The Morgan fingerprint density at radius 2 is 1.71 bits per heavy atom. The Balaban J connectivity index is 1.56. The molecule has 0 spiro atoms. The van der Waals surface area contributed by atoms with Gasteiger partial charge in [-0.15, -0.1) is 11.3 Å². The van der Waals surface area contributed by atoms with Crippen molar-refractivity contribution >= 4 is 51.9 Å². The van der Waals surface area contributed by atoms with Gasteiger partial charge in [-0.25, -0.2) is 4.39 Å². The van der Waals surface area contributed by atoms with Crippen molar-refractivity contribution in [3.05, 3.63) is 82.3 Å². The van der Waals surface area contributed by atoms with E-state index in [0.29, 0.717) is 16.1 Å². The minimum Gasteiger partial charge on any atom is -0.329 e. The summed E-state index contributed by atoms with van der Waals surface area (Å²) in [6.45, 7) is 0. The van der Waals surface area contributed by atoms with E-state index in [1.54, 1.807) is 42.5 Å². The second kappa shape index (κ2) is 9.07. The fourth-order valence-electron chi connectivity index (χ4n) is 2.24. The Hall–Kier alpha value is -3.30. The summed E-state index contributed by atoms with van der Waals surface area (Å²) in [5.74, 6) is -1.18. The number of hydrogen-bond donors (Lipinski definition) is 4. The van der Waals surface area contributed by atoms with Crippen molar-refractivity contribution in [2.24, 2.45) is 0 Å². The van der Waals surface area contributed by atoms with Crippen LogP contribution in [-0.2, 0) is 0 Å². The molecule has 3 aromatic rings. The minimum absolute atomic E-state index is 0.0283. The largest absolute Gasteiger partial charge is 0.329 e. The molecule has 4 N–H and O–H groups in total. The third-order valence-corrected chi connectivity index (χ3v) is 4.61. The van der Waals surface area contributed by atoms with E-state index in [-0.39, 0.29) is 16.7 Å². The summed E-state index contributed by atoms with van der Waals surface area (Å²) in [5.41, 5.74) is 5.91. The van der Waals surface area contributed by atoms with Crippen molar-refractivity contribution in [1.82, 2.24) is 10.9 Å². The first-order chi connectivity index (χ1) is 13.5. The van der Waals surface area contributed by atoms with Gasteiger partial charge in [0.05, 0.1) is 10.6 Å². The number of thiophene rings is 1. The number of hydrazine groups is 1. The van der Waals surface area contributed by atoms with Gasteiger partial charge in [0.1, 0.15) is 5.82 Å². The standard InChI is InChI=1S/C19H15FN4O2S2/c20-14-7-1-2-8-15(14)22-19(27)24-23-17(25)12-5-3-6-13(11-12)21-18(26)16-9-4-10-28-16/h1-11H,(H,21,26)(H,23,25)(H2,22,24,27). The number of anilines is 2. The molecule has 0 unspecified atom stereocenters. The molecule has 28 heavy (non-hydrogen) atoms. The maximum absolute atomic E-state index is 13.6. The van der Waals surface area contributed by atoms with E-state index in [4.69, 9.17) is 12.2 Å². The van der Waals surface area contributed by atoms with Crippen LogP contribution >= 0.6 is 23.6 Å². The predicted molar refractivity (Wildman–Crippen MR) is 112 cm³/mol. The van der Waals surface area contributed by atoms with Crippen LogP contribution in [0.4, 0.5) is 15.8 Å². The summed E-state index contributed by atoms with van der Waals surface area (Å²) in [4.78, 5) is 25.0. The molecular weight excluding hydrogens is 399 g/mol. The van der Waals surface area contributed by atoms with Crippen LogP contribution in [0.3, 0.4) is 0 Å². The first-order valence-corrected chi connectivity index (χ1v) is 9.38. The Labute approximate surface area is 169 Å². The molecule has 3 rings (SSSR count). The Morgan fingerprint density at radius 3 is 2.46 bits per heavy atom. The molecule has 0 atom stereocenters. The van der Waals surface area contributed by atoms with Crippen LogP contribution in [0.2, 0.25) is 0 Å². The summed E-state index contributed by atoms with van der Waals surface area (Å²) in [6.07, 6.45) is 0. The van der Waals surface area contributed by atoms with Gasteiger partial charge >= 0.3 is 0 Å². The molecule has 9 heteroatoms. The van der Waals surface area contributed by atoms with Crippen LogP contribution in [0.1, 0.15) is 20.0 Å². The number of hydrogen-bond acceptors (Lipinski definition) is 4. The zero-order valence-corrected chi connectivity index (χ0v) is 16.0. The molecule has 2 aromatic carbocycles. The van der Waals surface area contributed by atoms with Gasteiger partial charge in [-0.3, -0.25) is 20.4 Å². The van der Waals surface area contributed by atoms with Crippen LogP contribution in [0, 0.1) is 5.82 Å². The summed E-state index contributed by atoms with van der Waals surface area (Å²) in [5, 5.41) is 7.22. The molecule has 0 radical (unpaired) electrons. The van der Waals surface area contributed by atoms with E-state index in [1.165, 1.54) is 29.5 Å². The zero-order valence-electron chi connectivity index (χ0n) is 14.4. The lowest BCUT2D eigenvalue weighted by Crippen LogP contribution is -2.43. The summed E-state index contributed by atoms with van der Waals surface area (Å²) < 4.78 is 13.6. The van der Waals surface area contributed by atoms with Crippen molar-refractivity contribution in [3.63, 3.8) is 0 Å². The fourth-order valence-corrected chi connectivity index (χ4v) is 3.02. The minimum atomic E-state index is -0.468. The van der Waals surface area contributed by atoms with Crippen molar-refractivity contribution in [1.29, 1.82) is 0 Å². The topological polar surface area (TPSA) is 82.3 Å². The number of halogens is 1. The van der Waals surface area contributed by atoms with Gasteiger partial charge in [0.15, 0.2) is 5.11 Å². The van der Waals surface area contributed by atoms with Crippen LogP contribution in [0.5, 0.6) is 0 Å². The number of carbonyl (C=O) groups excluding carboxylic acids is 2. The molecule has 0 aliphatic carbocycles. The number of rotatable bonds is 4. The van der Waals surface area contributed by atoms with Crippen LogP contribution in [-0.4, -0.2) is 16.9 Å². The Kier molecular flexibility index (Phi) is 6.30. The number of nitrogens with one attached hydrogen (secondary N) is 4. The molecule has 0 saturated carbocycles. The summed E-state index contributed by atoms with van der Waals surface area (Å²) in [7, 11) is 0. The average Bonchev–Trinajstić information content (AvgIpc) is 3.23. The highest BCUT2D eigenvalue weighted by Gasteiger charge is 2.10. The number of thiocarbonyl (C=S) groups is 1. The quantitative estimate of drug-likeness (QED) is 0.386. The maximum atomic E-state index is 13.6. The van der Waals surface area contributed by atoms with Crippen molar-refractivity contribution in [2.75, 3.05) is 10.6 Å². The van der Waals surface area contributed by atoms with Gasteiger partial charge in [-0.05, 0) is 54.0 Å². The third kappa shape index (κ3) is 5.12. The van der Waals surface area contributed by atoms with Crippen LogP contribution in [0.25, 0.3) is 0 Å². The van der Waals surface area contributed by atoms with Crippen LogP contribution in [0.15, 0.2) is 66.0 Å². The highest BCUT2D eigenvalue weighted by atomic mass is 32.1. The number of carbonyl (C=O) groups is 2. The number of para-hydroxylation sites is 1. The normalized spacial score (nSPS) is 10.0. The molecule has 142 valence electrons. The van der Waals surface area contributed by atoms with Crippen molar-refractivity contribution < 1.29 is 14.0 Å². The smallest absolute Gasteiger partial charge is 0.269 e. The predicted octanol–water partition coefficient (Wildman–Crippen LogP) is 3.77. The second-order valence-corrected chi connectivity index (χ2v) is 6.88. The SMILES string of the molecule is O=C(NNC(=S)Nc1ccccc1F)c1cccc(NC(=O)c2cccs2)c1. The Bertz CT molecular complexity index is 1010. The van der Waals surface area contributed by atoms with E-state index >= 15 is 0 Å². The maximum Gasteiger partial charge on any atom is 0.269 e. The van der Waals surface area contributed by atoms with Crippen LogP contribution < -0.4 is 21.5 Å². The summed E-state index contributed by atoms with van der Waals surface area (Å²) in [6, 6.07) is 16.0. The fraction of sp³-hybridized carbons (Fsp3) is 0. The monoisotopic (exact) mass is 414 g/mol. The second-order valence-electron chi connectivity index (χ2n) is 5.53. The molecule has 0 aliphatic heterocycles. The number of amides is 2. The van der Waals surface area contributed by atoms with Gasteiger partial charge in [0, 0.05) is 11.3 Å². The van der Waals surface area contributed by atoms with Gasteiger partial charge in [0.2, 0.25) is 0 Å². The van der Waals surface area contributed by atoms with E-state index in [0.717, 1.165) is 0 Å².